The smallest absolute Gasteiger partial charge is 0.214 e. The number of rotatable bonds is 12. The third kappa shape index (κ3) is 7.70. The van der Waals surface area contributed by atoms with Gasteiger partial charge in [0.15, 0.2) is 11.5 Å². The Morgan fingerprint density at radius 2 is 1.77 bits per heavy atom. The van der Waals surface area contributed by atoms with Crippen molar-refractivity contribution in [2.24, 2.45) is 0 Å². The predicted octanol–water partition coefficient (Wildman–Crippen LogP) is 5.71. The quantitative estimate of drug-likeness (QED) is 0.171. The van der Waals surface area contributed by atoms with Crippen LogP contribution in [0.15, 0.2) is 82.4 Å². The first-order valence-corrected chi connectivity index (χ1v) is 12.7. The average molecular weight is 577 g/mol. The highest BCUT2D eigenvalue weighted by molar-refractivity contribution is 9.10. The van der Waals surface area contributed by atoms with Crippen LogP contribution < -0.4 is 14.8 Å². The number of benzene rings is 3. The van der Waals surface area contributed by atoms with Crippen LogP contribution >= 0.6 is 40.1 Å². The molecule has 0 spiro atoms. The van der Waals surface area contributed by atoms with E-state index >= 15 is 0 Å². The molecule has 0 saturated heterocycles. The normalized spacial score (nSPS) is 10.6. The van der Waals surface area contributed by atoms with E-state index in [1.807, 2.05) is 54.6 Å². The summed E-state index contributed by atoms with van der Waals surface area (Å²) in [6.07, 6.45) is 0.970. The Morgan fingerprint density at radius 1 is 1.03 bits per heavy atom. The summed E-state index contributed by atoms with van der Waals surface area (Å²) in [5, 5.41) is 16.4. The van der Waals surface area contributed by atoms with E-state index in [4.69, 9.17) is 9.47 Å². The Balaban J connectivity index is 0.00000342. The fourth-order valence-corrected chi connectivity index (χ4v) is 4.70. The van der Waals surface area contributed by atoms with E-state index in [0.717, 1.165) is 50.9 Å². The molecule has 7 nitrogen and oxygen atoms in total. The minimum Gasteiger partial charge on any atom is -0.493 e. The highest BCUT2D eigenvalue weighted by Gasteiger charge is 2.13. The number of hydrogen-bond donors (Lipinski definition) is 1. The fraction of sp³-hybridized carbons (Fsp3) is 0.240. The molecule has 0 aliphatic carbocycles. The molecular formula is C25H27BrClN5O2S. The van der Waals surface area contributed by atoms with Gasteiger partial charge in [-0.05, 0) is 53.2 Å². The van der Waals surface area contributed by atoms with E-state index in [9.17, 15) is 0 Å². The molecule has 1 N–H and O–H groups in total. The van der Waals surface area contributed by atoms with Gasteiger partial charge in [-0.1, -0.05) is 76.2 Å². The van der Waals surface area contributed by atoms with Crippen LogP contribution in [0.2, 0.25) is 0 Å². The van der Waals surface area contributed by atoms with Crippen molar-refractivity contribution in [2.75, 3.05) is 19.4 Å². The Labute approximate surface area is 224 Å². The second kappa shape index (κ2) is 14.1. The number of para-hydroxylation sites is 1. The maximum Gasteiger partial charge on any atom is 0.214 e. The Bertz CT molecular complexity index is 1180. The lowest BCUT2D eigenvalue weighted by Crippen LogP contribution is -2.16. The van der Waals surface area contributed by atoms with Gasteiger partial charge >= 0.3 is 0 Å². The van der Waals surface area contributed by atoms with Crippen molar-refractivity contribution in [1.29, 1.82) is 0 Å². The number of halogens is 2. The highest BCUT2D eigenvalue weighted by Crippen LogP contribution is 2.35. The lowest BCUT2D eigenvalue weighted by molar-refractivity contribution is 0.280. The molecule has 4 rings (SSSR count). The molecular weight excluding hydrogens is 550 g/mol. The van der Waals surface area contributed by atoms with Crippen molar-refractivity contribution in [1.82, 2.24) is 25.5 Å². The molecule has 0 radical (unpaired) electrons. The topological polar surface area (TPSA) is 74.1 Å². The van der Waals surface area contributed by atoms with Gasteiger partial charge in [0.05, 0.1) is 12.8 Å². The van der Waals surface area contributed by atoms with Crippen molar-refractivity contribution in [3.63, 3.8) is 0 Å². The summed E-state index contributed by atoms with van der Waals surface area (Å²) in [4.78, 5) is 0. The summed E-state index contributed by atoms with van der Waals surface area (Å²) >= 11 is 5.22. The van der Waals surface area contributed by atoms with Gasteiger partial charge in [-0.25, -0.2) is 0 Å². The Morgan fingerprint density at radius 3 is 2.51 bits per heavy atom. The molecule has 0 atom stereocenters. The summed E-state index contributed by atoms with van der Waals surface area (Å²) in [7, 11) is 1.66. The van der Waals surface area contributed by atoms with E-state index < -0.39 is 0 Å². The third-order valence-corrected chi connectivity index (χ3v) is 6.49. The van der Waals surface area contributed by atoms with Crippen molar-refractivity contribution in [3.8, 4) is 17.2 Å². The van der Waals surface area contributed by atoms with E-state index in [-0.39, 0.29) is 12.4 Å². The van der Waals surface area contributed by atoms with E-state index in [1.165, 1.54) is 0 Å². The average Bonchev–Trinajstić information content (AvgIpc) is 3.35. The number of methoxy groups -OCH3 is 1. The summed E-state index contributed by atoms with van der Waals surface area (Å²) < 4.78 is 14.5. The number of ether oxygens (including phenoxy) is 2. The largest absolute Gasteiger partial charge is 0.493 e. The van der Waals surface area contributed by atoms with Crippen molar-refractivity contribution in [2.45, 2.75) is 24.7 Å². The van der Waals surface area contributed by atoms with Crippen LogP contribution in [-0.2, 0) is 13.2 Å². The third-order valence-electron chi connectivity index (χ3n) is 5.03. The van der Waals surface area contributed by atoms with Crippen LogP contribution in [-0.4, -0.2) is 39.6 Å². The molecule has 0 amide bonds. The van der Waals surface area contributed by atoms with Gasteiger partial charge in [-0.2, -0.15) is 4.68 Å². The van der Waals surface area contributed by atoms with Gasteiger partial charge in [0.1, 0.15) is 6.61 Å². The SMILES string of the molecule is COc1cc(Br)cc(CNCCCSc2nnnn2-c2ccccc2)c1OCc1ccccc1.Cl. The molecule has 3 aromatic carbocycles. The summed E-state index contributed by atoms with van der Waals surface area (Å²) in [6, 6.07) is 24.0. The molecule has 0 aliphatic heterocycles. The zero-order valence-corrected chi connectivity index (χ0v) is 22.5. The van der Waals surface area contributed by atoms with Crippen molar-refractivity contribution >= 4 is 40.1 Å². The number of thioether (sulfide) groups is 1. The number of aromatic nitrogens is 4. The number of tetrazole rings is 1. The molecule has 0 bridgehead atoms. The van der Waals surface area contributed by atoms with E-state index in [1.54, 1.807) is 23.6 Å². The first-order valence-electron chi connectivity index (χ1n) is 10.9. The molecule has 4 aromatic rings. The predicted molar refractivity (Wildman–Crippen MR) is 145 cm³/mol. The summed E-state index contributed by atoms with van der Waals surface area (Å²) in [6.45, 7) is 2.01. The lowest BCUT2D eigenvalue weighted by atomic mass is 10.1. The highest BCUT2D eigenvalue weighted by atomic mass is 79.9. The number of nitrogens with one attached hydrogen (secondary N) is 1. The first kappa shape index (κ1) is 27.0. The maximum atomic E-state index is 6.17. The van der Waals surface area contributed by atoms with Crippen LogP contribution in [0.5, 0.6) is 11.5 Å². The maximum absolute atomic E-state index is 6.17. The van der Waals surface area contributed by atoms with Crippen LogP contribution in [0, 0.1) is 0 Å². The zero-order valence-electron chi connectivity index (χ0n) is 19.3. The summed E-state index contributed by atoms with van der Waals surface area (Å²) in [5.41, 5.74) is 3.11. The minimum absolute atomic E-state index is 0. The monoisotopic (exact) mass is 575 g/mol. The van der Waals surface area contributed by atoms with Gasteiger partial charge in [-0.3, -0.25) is 0 Å². The fourth-order valence-electron chi connectivity index (χ4n) is 3.38. The van der Waals surface area contributed by atoms with E-state index in [2.05, 4.69) is 55.0 Å². The van der Waals surface area contributed by atoms with Gasteiger partial charge < -0.3 is 14.8 Å². The van der Waals surface area contributed by atoms with Gasteiger partial charge in [0, 0.05) is 22.3 Å². The number of hydrogen-bond acceptors (Lipinski definition) is 7. The standard InChI is InChI=1S/C25H26BrN5O2S.ClH/c1-32-23-16-21(26)15-20(24(23)33-18-19-9-4-2-5-10-19)17-27-13-8-14-34-25-28-29-30-31(25)22-11-6-3-7-12-22;/h2-7,9-12,15-16,27H,8,13-14,17-18H2,1H3;1H. The minimum atomic E-state index is 0. The van der Waals surface area contributed by atoms with Crippen LogP contribution in [0.1, 0.15) is 17.5 Å². The Hall–Kier alpha value is -2.59. The van der Waals surface area contributed by atoms with Gasteiger partial charge in [0.25, 0.3) is 0 Å². The summed E-state index contributed by atoms with van der Waals surface area (Å²) in [5.74, 6) is 2.38. The van der Waals surface area contributed by atoms with Crippen LogP contribution in [0.3, 0.4) is 0 Å². The molecule has 1 aromatic heterocycles. The van der Waals surface area contributed by atoms with Crippen LogP contribution in [0.4, 0.5) is 0 Å². The number of nitrogens with zero attached hydrogens (tertiary/aromatic N) is 4. The molecule has 1 heterocycles. The van der Waals surface area contributed by atoms with E-state index in [0.29, 0.717) is 18.9 Å². The molecule has 0 aliphatic rings. The van der Waals surface area contributed by atoms with Gasteiger partial charge in [-0.15, -0.1) is 17.5 Å². The second-order valence-corrected chi connectivity index (χ2v) is 9.44. The molecule has 0 unspecified atom stereocenters. The molecule has 35 heavy (non-hydrogen) atoms. The lowest BCUT2D eigenvalue weighted by Gasteiger charge is -2.16. The zero-order chi connectivity index (χ0) is 23.6. The van der Waals surface area contributed by atoms with Crippen molar-refractivity contribution in [3.05, 3.63) is 88.4 Å². The Kier molecular flexibility index (Phi) is 10.9. The second-order valence-electron chi connectivity index (χ2n) is 7.46. The van der Waals surface area contributed by atoms with Crippen molar-refractivity contribution < 1.29 is 9.47 Å². The molecule has 10 heteroatoms. The molecule has 184 valence electrons. The molecule has 0 fully saturated rings. The van der Waals surface area contributed by atoms with Gasteiger partial charge in [0.2, 0.25) is 5.16 Å². The first-order chi connectivity index (χ1) is 16.7. The molecule has 0 saturated carbocycles. The van der Waals surface area contributed by atoms with Crippen LogP contribution in [0.25, 0.3) is 5.69 Å².